The zero-order valence-corrected chi connectivity index (χ0v) is 8.70. The van der Waals surface area contributed by atoms with Gasteiger partial charge in [-0.3, -0.25) is 4.79 Å². The summed E-state index contributed by atoms with van der Waals surface area (Å²) >= 11 is 1.67. The molecule has 0 fully saturated rings. The second kappa shape index (κ2) is 5.64. The summed E-state index contributed by atoms with van der Waals surface area (Å²) in [7, 11) is 0. The minimum Gasteiger partial charge on any atom is -0.299 e. The molecule has 0 bridgehead atoms. The van der Waals surface area contributed by atoms with Gasteiger partial charge < -0.3 is 0 Å². The third-order valence-corrected chi connectivity index (χ3v) is 2.88. The lowest BCUT2D eigenvalue weighted by Gasteiger charge is -2.11. The van der Waals surface area contributed by atoms with Crippen LogP contribution in [0.25, 0.3) is 0 Å². The minimum atomic E-state index is 0.234. The Morgan fingerprint density at radius 2 is 1.91 bits per heavy atom. The van der Waals surface area contributed by atoms with Crippen LogP contribution in [0.15, 0.2) is 0 Å². The zero-order chi connectivity index (χ0) is 8.85. The first kappa shape index (κ1) is 11.0. The van der Waals surface area contributed by atoms with Gasteiger partial charge in [0.2, 0.25) is 0 Å². The van der Waals surface area contributed by atoms with Crippen molar-refractivity contribution >= 4 is 17.5 Å². The zero-order valence-electron chi connectivity index (χ0n) is 7.89. The lowest BCUT2D eigenvalue weighted by molar-refractivity contribution is -0.116. The van der Waals surface area contributed by atoms with Crippen LogP contribution >= 0.6 is 11.8 Å². The Morgan fingerprint density at radius 3 is 2.18 bits per heavy atom. The summed E-state index contributed by atoms with van der Waals surface area (Å²) in [4.78, 5) is 11.0. The summed E-state index contributed by atoms with van der Waals surface area (Å²) in [5.41, 5.74) is 0. The molecule has 0 aliphatic heterocycles. The number of carbonyl (C=O) groups is 1. The molecule has 0 aromatic heterocycles. The normalized spacial score (nSPS) is 13.5. The van der Waals surface area contributed by atoms with Gasteiger partial charge in [0, 0.05) is 0 Å². The largest absolute Gasteiger partial charge is 0.299 e. The van der Waals surface area contributed by atoms with E-state index in [0.717, 1.165) is 12.8 Å². The van der Waals surface area contributed by atoms with Gasteiger partial charge in [-0.1, -0.05) is 13.8 Å². The molecule has 0 saturated heterocycles. The molecule has 0 spiro atoms. The average molecular weight is 174 g/mol. The summed E-state index contributed by atoms with van der Waals surface area (Å²) in [6.07, 6.45) is 4.20. The molecule has 0 N–H and O–H groups in total. The molecular weight excluding hydrogens is 156 g/mol. The second-order valence-electron chi connectivity index (χ2n) is 3.31. The number of thioether (sulfide) groups is 1. The van der Waals surface area contributed by atoms with E-state index in [2.05, 4.69) is 13.8 Å². The van der Waals surface area contributed by atoms with Crippen LogP contribution in [-0.2, 0) is 4.79 Å². The van der Waals surface area contributed by atoms with Crippen LogP contribution in [0.2, 0.25) is 0 Å². The van der Waals surface area contributed by atoms with Crippen molar-refractivity contribution in [3.8, 4) is 0 Å². The van der Waals surface area contributed by atoms with Gasteiger partial charge in [0.15, 0.2) is 0 Å². The van der Waals surface area contributed by atoms with Crippen molar-refractivity contribution in [1.82, 2.24) is 0 Å². The highest BCUT2D eigenvalue weighted by Crippen LogP contribution is 2.17. The summed E-state index contributed by atoms with van der Waals surface area (Å²) in [5.74, 6) is 1.03. The van der Waals surface area contributed by atoms with E-state index in [0.29, 0.717) is 11.7 Å². The van der Waals surface area contributed by atoms with E-state index < -0.39 is 0 Å². The van der Waals surface area contributed by atoms with E-state index in [9.17, 15) is 4.79 Å². The molecule has 2 heteroatoms. The van der Waals surface area contributed by atoms with Crippen molar-refractivity contribution in [2.75, 3.05) is 6.26 Å². The molecule has 0 amide bonds. The summed E-state index contributed by atoms with van der Waals surface area (Å²) < 4.78 is 0. The van der Waals surface area contributed by atoms with E-state index in [1.807, 2.05) is 6.26 Å². The van der Waals surface area contributed by atoms with Gasteiger partial charge in [0.1, 0.15) is 5.78 Å². The maximum Gasteiger partial charge on any atom is 0.142 e. The van der Waals surface area contributed by atoms with Crippen molar-refractivity contribution in [2.45, 2.75) is 38.9 Å². The summed E-state index contributed by atoms with van der Waals surface area (Å²) in [5, 5.41) is 0.234. The lowest BCUT2D eigenvalue weighted by Crippen LogP contribution is -2.13. The fourth-order valence-corrected chi connectivity index (χ4v) is 1.68. The van der Waals surface area contributed by atoms with Crippen molar-refractivity contribution in [3.05, 3.63) is 0 Å². The molecule has 11 heavy (non-hydrogen) atoms. The van der Waals surface area contributed by atoms with Gasteiger partial charge in [-0.25, -0.2) is 0 Å². The Balaban J connectivity index is 3.61. The quantitative estimate of drug-likeness (QED) is 0.637. The van der Waals surface area contributed by atoms with Crippen LogP contribution in [0.1, 0.15) is 33.6 Å². The third kappa shape index (κ3) is 5.31. The van der Waals surface area contributed by atoms with E-state index >= 15 is 0 Å². The van der Waals surface area contributed by atoms with Gasteiger partial charge in [0.05, 0.1) is 5.25 Å². The van der Waals surface area contributed by atoms with Gasteiger partial charge in [-0.15, -0.1) is 0 Å². The van der Waals surface area contributed by atoms with Gasteiger partial charge in [-0.2, -0.15) is 11.8 Å². The average Bonchev–Trinajstić information content (AvgIpc) is 1.87. The second-order valence-corrected chi connectivity index (χ2v) is 4.35. The molecule has 0 aliphatic carbocycles. The smallest absolute Gasteiger partial charge is 0.142 e. The maximum atomic E-state index is 11.0. The van der Waals surface area contributed by atoms with Gasteiger partial charge in [0.25, 0.3) is 0 Å². The Labute approximate surface area is 73.9 Å². The number of Topliss-reactive ketones (excluding diaryl/α,β-unsaturated/α-hetero) is 1. The Kier molecular flexibility index (Phi) is 5.65. The van der Waals surface area contributed by atoms with Crippen LogP contribution in [0.3, 0.4) is 0 Å². The first-order chi connectivity index (χ1) is 5.07. The summed E-state index contributed by atoms with van der Waals surface area (Å²) in [6.45, 7) is 6.07. The fourth-order valence-electron chi connectivity index (χ4n) is 0.972. The Morgan fingerprint density at radius 1 is 1.36 bits per heavy atom. The molecule has 0 aromatic rings. The number of hydrogen-bond acceptors (Lipinski definition) is 2. The molecule has 0 aliphatic rings. The molecule has 0 heterocycles. The van der Waals surface area contributed by atoms with Crippen LogP contribution in [0.4, 0.5) is 0 Å². The van der Waals surface area contributed by atoms with Gasteiger partial charge >= 0.3 is 0 Å². The predicted molar refractivity (Wildman–Crippen MR) is 52.1 cm³/mol. The number of carbonyl (C=O) groups excluding carboxylic acids is 1. The number of ketones is 1. The molecule has 0 saturated carbocycles. The predicted octanol–water partition coefficient (Wildman–Crippen LogP) is 2.74. The minimum absolute atomic E-state index is 0.234. The van der Waals surface area contributed by atoms with Crippen LogP contribution in [-0.4, -0.2) is 17.3 Å². The highest BCUT2D eigenvalue weighted by molar-refractivity contribution is 7.99. The SMILES string of the molecule is CSC(CCC(C)C)C(C)=O. The first-order valence-corrected chi connectivity index (χ1v) is 5.40. The van der Waals surface area contributed by atoms with Crippen LogP contribution in [0, 0.1) is 5.92 Å². The number of rotatable bonds is 5. The highest BCUT2D eigenvalue weighted by atomic mass is 32.2. The highest BCUT2D eigenvalue weighted by Gasteiger charge is 2.12. The third-order valence-electron chi connectivity index (χ3n) is 1.74. The standard InChI is InChI=1S/C9H18OS/c1-7(2)5-6-9(11-4)8(3)10/h7,9H,5-6H2,1-4H3. The van der Waals surface area contributed by atoms with E-state index in [1.54, 1.807) is 18.7 Å². The molecular formula is C9H18OS. The first-order valence-electron chi connectivity index (χ1n) is 4.11. The molecule has 66 valence electrons. The lowest BCUT2D eigenvalue weighted by atomic mass is 10.1. The van der Waals surface area contributed by atoms with E-state index in [-0.39, 0.29) is 5.25 Å². The van der Waals surface area contributed by atoms with Gasteiger partial charge in [-0.05, 0) is 31.9 Å². The molecule has 0 aromatic carbocycles. The Hall–Kier alpha value is 0.0200. The van der Waals surface area contributed by atoms with Crippen LogP contribution < -0.4 is 0 Å². The molecule has 1 nitrogen and oxygen atoms in total. The fraction of sp³-hybridized carbons (Fsp3) is 0.889. The van der Waals surface area contributed by atoms with Crippen molar-refractivity contribution in [2.24, 2.45) is 5.92 Å². The van der Waals surface area contributed by atoms with E-state index in [4.69, 9.17) is 0 Å². The molecule has 1 atom stereocenters. The monoisotopic (exact) mass is 174 g/mol. The molecule has 0 rings (SSSR count). The summed E-state index contributed by atoms with van der Waals surface area (Å²) in [6, 6.07) is 0. The van der Waals surface area contributed by atoms with Crippen molar-refractivity contribution in [1.29, 1.82) is 0 Å². The molecule has 0 radical (unpaired) electrons. The topological polar surface area (TPSA) is 17.1 Å². The maximum absolute atomic E-state index is 11.0. The van der Waals surface area contributed by atoms with Crippen molar-refractivity contribution < 1.29 is 4.79 Å². The van der Waals surface area contributed by atoms with Crippen LogP contribution in [0.5, 0.6) is 0 Å². The number of hydrogen-bond donors (Lipinski definition) is 0. The van der Waals surface area contributed by atoms with E-state index in [1.165, 1.54) is 0 Å². The molecule has 1 unspecified atom stereocenters. The Bertz CT molecular complexity index is 121. The van der Waals surface area contributed by atoms with Crippen molar-refractivity contribution in [3.63, 3.8) is 0 Å².